The zero-order valence-corrected chi connectivity index (χ0v) is 12.8. The normalized spacial score (nSPS) is 29.0. The van der Waals surface area contributed by atoms with Crippen LogP contribution in [0.5, 0.6) is 0 Å². The number of hydrogen-bond donors (Lipinski definition) is 1. The third kappa shape index (κ3) is 5.05. The number of alkyl halides is 3. The first-order chi connectivity index (χ1) is 9.87. The highest BCUT2D eigenvalue weighted by Gasteiger charge is 2.34. The summed E-state index contributed by atoms with van der Waals surface area (Å²) in [5.41, 5.74) is 0. The van der Waals surface area contributed by atoms with Gasteiger partial charge in [0.15, 0.2) is 5.96 Å². The Kier molecular flexibility index (Phi) is 5.35. The molecule has 4 nitrogen and oxygen atoms in total. The first-order valence-electron chi connectivity index (χ1n) is 7.65. The third-order valence-electron chi connectivity index (χ3n) is 4.18. The van der Waals surface area contributed by atoms with Gasteiger partial charge in [-0.15, -0.1) is 0 Å². The van der Waals surface area contributed by atoms with Crippen LogP contribution in [0.4, 0.5) is 13.2 Å². The standard InChI is InChI=1S/C14H25F3N4/c1-11-4-3-6-21(8-11)13(18-2)19-12-5-7-20(9-12)10-14(15,16)17/h11-12H,3-10H2,1-2H3,(H,18,19). The van der Waals surface area contributed by atoms with Gasteiger partial charge in [0.25, 0.3) is 0 Å². The maximum Gasteiger partial charge on any atom is 0.401 e. The lowest BCUT2D eigenvalue weighted by Crippen LogP contribution is -2.50. The number of nitrogens with zero attached hydrogens (tertiary/aromatic N) is 3. The van der Waals surface area contributed by atoms with Gasteiger partial charge in [0.05, 0.1) is 6.54 Å². The van der Waals surface area contributed by atoms with E-state index in [1.54, 1.807) is 7.05 Å². The molecule has 122 valence electrons. The largest absolute Gasteiger partial charge is 0.401 e. The first kappa shape index (κ1) is 16.4. The van der Waals surface area contributed by atoms with Crippen LogP contribution < -0.4 is 5.32 Å². The average molecular weight is 306 g/mol. The van der Waals surface area contributed by atoms with Gasteiger partial charge in [0.1, 0.15) is 0 Å². The number of nitrogens with one attached hydrogen (secondary N) is 1. The predicted molar refractivity (Wildman–Crippen MR) is 77.4 cm³/mol. The molecule has 0 aromatic carbocycles. The highest BCUT2D eigenvalue weighted by molar-refractivity contribution is 5.80. The van der Waals surface area contributed by atoms with Crippen LogP contribution in [0.25, 0.3) is 0 Å². The second-order valence-electron chi connectivity index (χ2n) is 6.22. The van der Waals surface area contributed by atoms with E-state index in [-0.39, 0.29) is 6.04 Å². The fourth-order valence-electron chi connectivity index (χ4n) is 3.21. The van der Waals surface area contributed by atoms with Gasteiger partial charge in [0, 0.05) is 39.3 Å². The molecule has 0 radical (unpaired) electrons. The molecule has 7 heteroatoms. The highest BCUT2D eigenvalue weighted by Crippen LogP contribution is 2.20. The lowest BCUT2D eigenvalue weighted by atomic mass is 10.0. The monoisotopic (exact) mass is 306 g/mol. The van der Waals surface area contributed by atoms with Crippen LogP contribution in [-0.2, 0) is 0 Å². The molecule has 2 saturated heterocycles. The van der Waals surface area contributed by atoms with Crippen LogP contribution in [0.3, 0.4) is 0 Å². The Morgan fingerprint density at radius 2 is 2.00 bits per heavy atom. The van der Waals surface area contributed by atoms with Crippen molar-refractivity contribution in [1.82, 2.24) is 15.1 Å². The summed E-state index contributed by atoms with van der Waals surface area (Å²) >= 11 is 0. The van der Waals surface area contributed by atoms with Gasteiger partial charge in [0.2, 0.25) is 0 Å². The zero-order valence-electron chi connectivity index (χ0n) is 12.8. The molecule has 1 N–H and O–H groups in total. The lowest BCUT2D eigenvalue weighted by Gasteiger charge is -2.34. The zero-order chi connectivity index (χ0) is 15.5. The van der Waals surface area contributed by atoms with E-state index in [1.165, 1.54) is 11.3 Å². The van der Waals surface area contributed by atoms with E-state index in [0.717, 1.165) is 31.9 Å². The van der Waals surface area contributed by atoms with Crippen LogP contribution in [0.15, 0.2) is 4.99 Å². The topological polar surface area (TPSA) is 30.9 Å². The molecule has 0 spiro atoms. The van der Waals surface area contributed by atoms with Crippen LogP contribution in [0.1, 0.15) is 26.2 Å². The number of aliphatic imine (C=N–C) groups is 1. The molecule has 2 unspecified atom stereocenters. The number of rotatable bonds is 2. The predicted octanol–water partition coefficient (Wildman–Crippen LogP) is 1.93. The lowest BCUT2D eigenvalue weighted by molar-refractivity contribution is -0.143. The van der Waals surface area contributed by atoms with Crippen molar-refractivity contribution < 1.29 is 13.2 Å². The Morgan fingerprint density at radius 1 is 1.24 bits per heavy atom. The summed E-state index contributed by atoms with van der Waals surface area (Å²) in [5.74, 6) is 1.48. The summed E-state index contributed by atoms with van der Waals surface area (Å²) in [4.78, 5) is 7.98. The van der Waals surface area contributed by atoms with Crippen LogP contribution in [0, 0.1) is 5.92 Å². The molecule has 0 bridgehead atoms. The van der Waals surface area contributed by atoms with Crippen molar-refractivity contribution in [1.29, 1.82) is 0 Å². The van der Waals surface area contributed by atoms with Crippen molar-refractivity contribution in [2.45, 2.75) is 38.4 Å². The number of hydrogen-bond acceptors (Lipinski definition) is 2. The van der Waals surface area contributed by atoms with Crippen LogP contribution in [-0.4, -0.2) is 67.7 Å². The molecule has 0 aliphatic carbocycles. The Morgan fingerprint density at radius 3 is 2.62 bits per heavy atom. The number of likely N-dealkylation sites (tertiary alicyclic amines) is 2. The molecule has 0 amide bonds. The van der Waals surface area contributed by atoms with E-state index in [9.17, 15) is 13.2 Å². The van der Waals surface area contributed by atoms with Crippen LogP contribution >= 0.6 is 0 Å². The quantitative estimate of drug-likeness (QED) is 0.625. The Balaban J connectivity index is 1.83. The molecule has 21 heavy (non-hydrogen) atoms. The number of guanidine groups is 1. The van der Waals surface area contributed by atoms with Crippen molar-refractivity contribution >= 4 is 5.96 Å². The van der Waals surface area contributed by atoms with E-state index in [1.807, 2.05) is 0 Å². The van der Waals surface area contributed by atoms with E-state index in [0.29, 0.717) is 19.0 Å². The van der Waals surface area contributed by atoms with Gasteiger partial charge in [-0.2, -0.15) is 13.2 Å². The second kappa shape index (κ2) is 6.85. The smallest absolute Gasteiger partial charge is 0.352 e. The van der Waals surface area contributed by atoms with Crippen molar-refractivity contribution in [3.8, 4) is 0 Å². The molecule has 0 aromatic heterocycles. The molecule has 2 fully saturated rings. The first-order valence-corrected chi connectivity index (χ1v) is 7.65. The molecule has 2 heterocycles. The minimum atomic E-state index is -4.11. The summed E-state index contributed by atoms with van der Waals surface area (Å²) in [7, 11) is 1.74. The molecule has 0 saturated carbocycles. The van der Waals surface area contributed by atoms with E-state index < -0.39 is 12.7 Å². The molecule has 0 aromatic rings. The van der Waals surface area contributed by atoms with Crippen molar-refractivity contribution in [2.24, 2.45) is 10.9 Å². The van der Waals surface area contributed by atoms with Gasteiger partial charge >= 0.3 is 6.18 Å². The molecule has 2 atom stereocenters. The Labute approximate surface area is 124 Å². The fraction of sp³-hybridized carbons (Fsp3) is 0.929. The molecular weight excluding hydrogens is 281 g/mol. The van der Waals surface area contributed by atoms with E-state index >= 15 is 0 Å². The number of halogens is 3. The minimum absolute atomic E-state index is 0.0586. The molecule has 2 aliphatic heterocycles. The van der Waals surface area contributed by atoms with Gasteiger partial charge in [-0.25, -0.2) is 0 Å². The molecule has 2 aliphatic rings. The highest BCUT2D eigenvalue weighted by atomic mass is 19.4. The maximum absolute atomic E-state index is 12.4. The van der Waals surface area contributed by atoms with Crippen LogP contribution in [0.2, 0.25) is 0 Å². The number of piperidine rings is 1. The third-order valence-corrected chi connectivity index (χ3v) is 4.18. The summed E-state index contributed by atoms with van der Waals surface area (Å²) in [6.45, 7) is 4.28. The van der Waals surface area contributed by atoms with Crippen molar-refractivity contribution in [3.63, 3.8) is 0 Å². The van der Waals surface area contributed by atoms with E-state index in [2.05, 4.69) is 22.1 Å². The van der Waals surface area contributed by atoms with E-state index in [4.69, 9.17) is 0 Å². The summed E-state index contributed by atoms with van der Waals surface area (Å²) in [6, 6.07) is 0.0586. The minimum Gasteiger partial charge on any atom is -0.352 e. The molecule has 2 rings (SSSR count). The van der Waals surface area contributed by atoms with Gasteiger partial charge in [-0.05, 0) is 25.2 Å². The molecular formula is C14H25F3N4. The van der Waals surface area contributed by atoms with Crippen molar-refractivity contribution in [3.05, 3.63) is 0 Å². The van der Waals surface area contributed by atoms with Crippen molar-refractivity contribution in [2.75, 3.05) is 39.8 Å². The SMILES string of the molecule is CN=C(NC1CCN(CC(F)(F)F)C1)N1CCCC(C)C1. The van der Waals surface area contributed by atoms with Gasteiger partial charge in [-0.3, -0.25) is 9.89 Å². The second-order valence-corrected chi connectivity index (χ2v) is 6.22. The maximum atomic E-state index is 12.4. The fourth-order valence-corrected chi connectivity index (χ4v) is 3.21. The summed E-state index contributed by atoms with van der Waals surface area (Å²) < 4.78 is 37.2. The Hall–Kier alpha value is -0.980. The Bertz CT molecular complexity index is 370. The van der Waals surface area contributed by atoms with Gasteiger partial charge in [-0.1, -0.05) is 6.92 Å². The van der Waals surface area contributed by atoms with Gasteiger partial charge < -0.3 is 10.2 Å². The summed E-state index contributed by atoms with van der Waals surface area (Å²) in [5, 5.41) is 3.34. The average Bonchev–Trinajstić information content (AvgIpc) is 2.81. The summed E-state index contributed by atoms with van der Waals surface area (Å²) in [6.07, 6.45) is -1.000.